The van der Waals surface area contributed by atoms with E-state index in [1.54, 1.807) is 0 Å². The van der Waals surface area contributed by atoms with Crippen LogP contribution in [0.25, 0.3) is 0 Å². The van der Waals surface area contributed by atoms with E-state index in [1.807, 2.05) is 20.8 Å². The Labute approximate surface area is 139 Å². The molecule has 0 saturated carbocycles. The zero-order valence-electron chi connectivity index (χ0n) is 15.3. The van der Waals surface area contributed by atoms with Gasteiger partial charge in [0.05, 0.1) is 35.6 Å². The lowest BCUT2D eigenvalue weighted by Crippen LogP contribution is -2.61. The molecule has 0 radical (unpaired) electrons. The third-order valence-corrected chi connectivity index (χ3v) is 10.3. The Kier molecular flexibility index (Phi) is 6.08. The van der Waals surface area contributed by atoms with Crippen molar-refractivity contribution < 1.29 is 13.4 Å². The SMILES string of the molecule is CC(C)(C)S(=O)NC1(C#CCO[Si](C)(C)C(C)(C)C)COC1. The normalized spacial score (nSPS) is 19.8. The number of hydrogen-bond donors (Lipinski definition) is 1. The maximum atomic E-state index is 12.2. The maximum absolute atomic E-state index is 12.2. The molecule has 1 rings (SSSR count). The van der Waals surface area contributed by atoms with Crippen molar-refractivity contribution in [2.24, 2.45) is 0 Å². The summed E-state index contributed by atoms with van der Waals surface area (Å²) in [4.78, 5) is 0. The maximum Gasteiger partial charge on any atom is 0.193 e. The van der Waals surface area contributed by atoms with Crippen LogP contribution in [0.15, 0.2) is 0 Å². The standard InChI is InChI=1S/C16H31NO3SSi/c1-14(2,3)21(18)17-16(12-19-13-16)10-9-11-20-22(7,8)15(4,5)6/h17H,11-13H2,1-8H3. The number of nitrogens with one attached hydrogen (secondary N) is 1. The molecule has 4 nitrogen and oxygen atoms in total. The van der Waals surface area contributed by atoms with Gasteiger partial charge in [-0.2, -0.15) is 0 Å². The Morgan fingerprint density at radius 2 is 1.77 bits per heavy atom. The van der Waals surface area contributed by atoms with Gasteiger partial charge >= 0.3 is 0 Å². The molecular weight excluding hydrogens is 314 g/mol. The van der Waals surface area contributed by atoms with Gasteiger partial charge in [-0.15, -0.1) is 0 Å². The van der Waals surface area contributed by atoms with Crippen molar-refractivity contribution in [1.82, 2.24) is 4.72 Å². The average molecular weight is 346 g/mol. The monoisotopic (exact) mass is 345 g/mol. The van der Waals surface area contributed by atoms with Gasteiger partial charge < -0.3 is 9.16 Å². The van der Waals surface area contributed by atoms with Gasteiger partial charge in [0.1, 0.15) is 5.54 Å². The van der Waals surface area contributed by atoms with E-state index in [0.717, 1.165) is 0 Å². The molecule has 1 N–H and O–H groups in total. The predicted octanol–water partition coefficient (Wildman–Crippen LogP) is 2.83. The van der Waals surface area contributed by atoms with Crippen molar-refractivity contribution in [1.29, 1.82) is 0 Å². The summed E-state index contributed by atoms with van der Waals surface area (Å²) in [6.45, 7) is 18.2. The van der Waals surface area contributed by atoms with Crippen LogP contribution in [0.4, 0.5) is 0 Å². The van der Waals surface area contributed by atoms with E-state index in [9.17, 15) is 4.21 Å². The fourth-order valence-electron chi connectivity index (χ4n) is 1.43. The lowest BCUT2D eigenvalue weighted by Gasteiger charge is -2.39. The molecule has 1 atom stereocenters. The fraction of sp³-hybridized carbons (Fsp3) is 0.875. The molecular formula is C16H31NO3SSi. The molecule has 0 aromatic carbocycles. The number of hydrogen-bond acceptors (Lipinski definition) is 3. The Morgan fingerprint density at radius 3 is 2.14 bits per heavy atom. The van der Waals surface area contributed by atoms with Crippen LogP contribution in [-0.2, 0) is 20.1 Å². The Hall–Kier alpha value is -0.193. The van der Waals surface area contributed by atoms with Crippen LogP contribution < -0.4 is 4.72 Å². The van der Waals surface area contributed by atoms with Gasteiger partial charge in [0.2, 0.25) is 0 Å². The first-order chi connectivity index (χ1) is 9.79. The minimum absolute atomic E-state index is 0.179. The summed E-state index contributed by atoms with van der Waals surface area (Å²) in [6.07, 6.45) is 0. The molecule has 1 aliphatic rings. The molecule has 0 aliphatic carbocycles. The molecule has 0 bridgehead atoms. The third-order valence-electron chi connectivity index (χ3n) is 4.18. The molecule has 22 heavy (non-hydrogen) atoms. The highest BCUT2D eigenvalue weighted by atomic mass is 32.2. The van der Waals surface area contributed by atoms with E-state index in [4.69, 9.17) is 9.16 Å². The third kappa shape index (κ3) is 5.17. The summed E-state index contributed by atoms with van der Waals surface area (Å²) in [6, 6.07) is 0. The van der Waals surface area contributed by atoms with E-state index in [0.29, 0.717) is 19.8 Å². The van der Waals surface area contributed by atoms with E-state index in [-0.39, 0.29) is 9.79 Å². The minimum atomic E-state index is -1.77. The summed E-state index contributed by atoms with van der Waals surface area (Å²) in [7, 11) is -2.93. The van der Waals surface area contributed by atoms with Gasteiger partial charge in [-0.25, -0.2) is 8.93 Å². The molecule has 128 valence electrons. The van der Waals surface area contributed by atoms with E-state index < -0.39 is 24.8 Å². The van der Waals surface area contributed by atoms with Crippen molar-refractivity contribution >= 4 is 19.3 Å². The van der Waals surface area contributed by atoms with Crippen molar-refractivity contribution in [3.8, 4) is 11.8 Å². The van der Waals surface area contributed by atoms with Gasteiger partial charge in [0.25, 0.3) is 0 Å². The summed E-state index contributed by atoms with van der Waals surface area (Å²) in [5.41, 5.74) is -0.491. The first-order valence-electron chi connectivity index (χ1n) is 7.71. The summed E-state index contributed by atoms with van der Waals surface area (Å²) in [5.74, 6) is 6.28. The molecule has 0 spiro atoms. The highest BCUT2D eigenvalue weighted by Gasteiger charge is 2.41. The molecule has 1 aliphatic heterocycles. The Morgan fingerprint density at radius 1 is 1.23 bits per heavy atom. The van der Waals surface area contributed by atoms with Crippen LogP contribution in [0, 0.1) is 11.8 Å². The van der Waals surface area contributed by atoms with Gasteiger partial charge in [-0.05, 0) is 38.9 Å². The molecule has 1 saturated heterocycles. The van der Waals surface area contributed by atoms with Crippen LogP contribution in [0.5, 0.6) is 0 Å². The Bertz CT molecular complexity index is 476. The van der Waals surface area contributed by atoms with Crippen molar-refractivity contribution in [3.05, 3.63) is 0 Å². The largest absolute Gasteiger partial charge is 0.406 e. The topological polar surface area (TPSA) is 47.6 Å². The zero-order valence-corrected chi connectivity index (χ0v) is 17.1. The Balaban J connectivity index is 2.64. The van der Waals surface area contributed by atoms with E-state index in [1.165, 1.54) is 0 Å². The second-order valence-electron chi connectivity index (χ2n) is 8.41. The molecule has 0 amide bonds. The summed E-state index contributed by atoms with van der Waals surface area (Å²) in [5, 5.41) is 0.179. The molecule has 6 heteroatoms. The quantitative estimate of drug-likeness (QED) is 0.629. The van der Waals surface area contributed by atoms with E-state index >= 15 is 0 Å². The van der Waals surface area contributed by atoms with Gasteiger partial charge in [0, 0.05) is 0 Å². The highest BCUT2D eigenvalue weighted by molar-refractivity contribution is 7.84. The van der Waals surface area contributed by atoms with Gasteiger partial charge in [-0.1, -0.05) is 32.6 Å². The zero-order chi connectivity index (χ0) is 17.2. The van der Waals surface area contributed by atoms with Crippen LogP contribution >= 0.6 is 0 Å². The number of rotatable bonds is 4. The fourth-order valence-corrected chi connectivity index (χ4v) is 3.13. The molecule has 1 fully saturated rings. The van der Waals surface area contributed by atoms with Crippen LogP contribution in [0.2, 0.25) is 18.1 Å². The second kappa shape index (κ2) is 6.74. The van der Waals surface area contributed by atoms with Crippen LogP contribution in [0.3, 0.4) is 0 Å². The first-order valence-corrected chi connectivity index (χ1v) is 11.8. The predicted molar refractivity (Wildman–Crippen MR) is 95.5 cm³/mol. The minimum Gasteiger partial charge on any atom is -0.406 e. The van der Waals surface area contributed by atoms with Crippen LogP contribution in [-0.4, -0.2) is 42.6 Å². The smallest absolute Gasteiger partial charge is 0.193 e. The summed E-state index contributed by atoms with van der Waals surface area (Å²) >= 11 is 0. The summed E-state index contributed by atoms with van der Waals surface area (Å²) < 4.78 is 26.4. The highest BCUT2D eigenvalue weighted by Crippen LogP contribution is 2.36. The second-order valence-corrected chi connectivity index (χ2v) is 15.2. The molecule has 1 heterocycles. The number of ether oxygens (including phenoxy) is 1. The van der Waals surface area contributed by atoms with Gasteiger partial charge in [-0.3, -0.25) is 0 Å². The van der Waals surface area contributed by atoms with Crippen molar-refractivity contribution in [2.75, 3.05) is 19.8 Å². The van der Waals surface area contributed by atoms with Crippen molar-refractivity contribution in [2.45, 2.75) is 70.0 Å². The van der Waals surface area contributed by atoms with Crippen LogP contribution in [0.1, 0.15) is 41.5 Å². The first kappa shape index (κ1) is 19.9. The molecule has 0 aromatic rings. The molecule has 0 aromatic heterocycles. The molecule has 1 unspecified atom stereocenters. The van der Waals surface area contributed by atoms with Gasteiger partial charge in [0.15, 0.2) is 8.32 Å². The van der Waals surface area contributed by atoms with Crippen molar-refractivity contribution in [3.63, 3.8) is 0 Å². The van der Waals surface area contributed by atoms with E-state index in [2.05, 4.69) is 50.4 Å². The lowest BCUT2D eigenvalue weighted by molar-refractivity contribution is -0.0310. The average Bonchev–Trinajstić information content (AvgIpc) is 2.27. The lowest BCUT2D eigenvalue weighted by atomic mass is 10.0.